The number of piperidine rings is 1. The smallest absolute Gasteiger partial charge is 0.308 e. The summed E-state index contributed by atoms with van der Waals surface area (Å²) in [6.45, 7) is 1.82. The van der Waals surface area contributed by atoms with Gasteiger partial charge in [-0.1, -0.05) is 30.3 Å². The predicted octanol–water partition coefficient (Wildman–Crippen LogP) is 1.20. The Hall–Kier alpha value is -2.41. The fraction of sp³-hybridized carbons (Fsp3) is 0.550. The second-order valence-corrected chi connectivity index (χ2v) is 7.29. The topological polar surface area (TPSA) is 87.2 Å². The second-order valence-electron chi connectivity index (χ2n) is 7.29. The summed E-state index contributed by atoms with van der Waals surface area (Å²) < 4.78 is 4.88. The Morgan fingerprint density at radius 2 is 1.74 bits per heavy atom. The summed E-state index contributed by atoms with van der Waals surface area (Å²) >= 11 is 0. The van der Waals surface area contributed by atoms with Crippen LogP contribution in [-0.2, 0) is 19.1 Å². The summed E-state index contributed by atoms with van der Waals surface area (Å²) in [5.74, 6) is -1.83. The molecule has 0 radical (unpaired) electrons. The molecule has 0 bridgehead atoms. The first-order chi connectivity index (χ1) is 13.0. The number of carbonyl (C=O) groups excluding carboxylic acids is 2. The number of ether oxygens (including phenoxy) is 1. The summed E-state index contributed by atoms with van der Waals surface area (Å²) in [7, 11) is 1.49. The Morgan fingerprint density at radius 3 is 2.33 bits per heavy atom. The number of benzene rings is 1. The molecule has 2 fully saturated rings. The highest BCUT2D eigenvalue weighted by Crippen LogP contribution is 2.34. The van der Waals surface area contributed by atoms with Crippen LogP contribution in [0.15, 0.2) is 30.3 Å². The van der Waals surface area contributed by atoms with E-state index in [4.69, 9.17) is 4.74 Å². The maximum Gasteiger partial charge on any atom is 0.308 e. The fourth-order valence-electron chi connectivity index (χ4n) is 4.12. The number of methoxy groups -OCH3 is 1. The average Bonchev–Trinajstić information content (AvgIpc) is 3.14. The normalized spacial score (nSPS) is 23.4. The Bertz CT molecular complexity index is 685. The van der Waals surface area contributed by atoms with Gasteiger partial charge in [0.15, 0.2) is 0 Å². The lowest BCUT2D eigenvalue weighted by Crippen LogP contribution is -2.45. The van der Waals surface area contributed by atoms with Crippen molar-refractivity contribution < 1.29 is 24.2 Å². The molecule has 2 heterocycles. The van der Waals surface area contributed by atoms with Gasteiger partial charge in [0.25, 0.3) is 0 Å². The van der Waals surface area contributed by atoms with E-state index in [9.17, 15) is 19.5 Å². The van der Waals surface area contributed by atoms with E-state index in [2.05, 4.69) is 0 Å². The number of carbonyl (C=O) groups is 3. The van der Waals surface area contributed by atoms with E-state index >= 15 is 0 Å². The van der Waals surface area contributed by atoms with Gasteiger partial charge in [-0.25, -0.2) is 0 Å². The van der Waals surface area contributed by atoms with Crippen molar-refractivity contribution in [2.75, 3.05) is 39.9 Å². The van der Waals surface area contributed by atoms with Crippen molar-refractivity contribution in [2.24, 2.45) is 11.8 Å². The molecule has 0 saturated carbocycles. The Kier molecular flexibility index (Phi) is 6.11. The van der Waals surface area contributed by atoms with Gasteiger partial charge in [0.1, 0.15) is 6.61 Å². The second kappa shape index (κ2) is 8.52. The van der Waals surface area contributed by atoms with Crippen molar-refractivity contribution in [2.45, 2.75) is 18.8 Å². The van der Waals surface area contributed by atoms with Crippen molar-refractivity contribution in [3.05, 3.63) is 35.9 Å². The fourth-order valence-corrected chi connectivity index (χ4v) is 4.12. The maximum absolute atomic E-state index is 13.0. The van der Waals surface area contributed by atoms with Crippen LogP contribution in [-0.4, -0.2) is 72.6 Å². The number of carboxylic acid groups (broad SMARTS) is 1. The molecular weight excluding hydrogens is 348 g/mol. The number of hydrogen-bond acceptors (Lipinski definition) is 4. The number of aliphatic carboxylic acids is 1. The summed E-state index contributed by atoms with van der Waals surface area (Å²) in [6, 6.07) is 9.54. The number of carboxylic acids is 1. The molecule has 7 nitrogen and oxygen atoms in total. The van der Waals surface area contributed by atoms with E-state index in [0.717, 1.165) is 5.56 Å². The number of likely N-dealkylation sites (tertiary alicyclic amines) is 2. The van der Waals surface area contributed by atoms with Gasteiger partial charge in [0, 0.05) is 45.1 Å². The minimum atomic E-state index is -0.862. The molecule has 2 aliphatic heterocycles. The molecule has 2 amide bonds. The summed E-state index contributed by atoms with van der Waals surface area (Å²) in [5.41, 5.74) is 0.959. The van der Waals surface area contributed by atoms with Crippen molar-refractivity contribution in [1.29, 1.82) is 0 Å². The highest BCUT2D eigenvalue weighted by atomic mass is 16.5. The molecule has 27 heavy (non-hydrogen) atoms. The average molecular weight is 374 g/mol. The summed E-state index contributed by atoms with van der Waals surface area (Å²) in [4.78, 5) is 40.0. The van der Waals surface area contributed by atoms with Crippen molar-refractivity contribution in [1.82, 2.24) is 9.80 Å². The van der Waals surface area contributed by atoms with Crippen molar-refractivity contribution >= 4 is 17.8 Å². The zero-order valence-corrected chi connectivity index (χ0v) is 15.5. The first-order valence-electron chi connectivity index (χ1n) is 9.34. The van der Waals surface area contributed by atoms with Crippen LogP contribution < -0.4 is 0 Å². The van der Waals surface area contributed by atoms with Gasteiger partial charge in [-0.15, -0.1) is 0 Å². The minimum Gasteiger partial charge on any atom is -0.481 e. The van der Waals surface area contributed by atoms with E-state index in [-0.39, 0.29) is 36.8 Å². The van der Waals surface area contributed by atoms with Crippen LogP contribution in [0, 0.1) is 11.8 Å². The van der Waals surface area contributed by atoms with Crippen LogP contribution in [0.2, 0.25) is 0 Å². The van der Waals surface area contributed by atoms with Gasteiger partial charge < -0.3 is 19.6 Å². The van der Waals surface area contributed by atoms with E-state index in [1.807, 2.05) is 30.3 Å². The third-order valence-corrected chi connectivity index (χ3v) is 5.64. The maximum atomic E-state index is 13.0. The molecular formula is C20H26N2O5. The first-order valence-corrected chi connectivity index (χ1v) is 9.34. The molecule has 2 atom stereocenters. The summed E-state index contributed by atoms with van der Waals surface area (Å²) in [5, 5.41) is 9.61. The van der Waals surface area contributed by atoms with Gasteiger partial charge in [0.05, 0.1) is 5.92 Å². The molecule has 1 aromatic carbocycles. The quantitative estimate of drug-likeness (QED) is 0.837. The molecule has 0 unspecified atom stereocenters. The van der Waals surface area contributed by atoms with Gasteiger partial charge in [0.2, 0.25) is 11.8 Å². The Labute approximate surface area is 158 Å². The Balaban J connectivity index is 1.62. The standard InChI is InChI=1S/C20H26N2O5/c1-27-13-18(23)21-9-7-15(8-10-21)19(24)22-11-16(17(12-22)20(25)26)14-5-3-2-4-6-14/h2-6,15-17H,7-13H2,1H3,(H,25,26)/t16-,17+/m1/s1. The van der Waals surface area contributed by atoms with Crippen LogP contribution in [0.4, 0.5) is 0 Å². The van der Waals surface area contributed by atoms with Gasteiger partial charge >= 0.3 is 5.97 Å². The Morgan fingerprint density at radius 1 is 1.07 bits per heavy atom. The van der Waals surface area contributed by atoms with E-state index in [1.54, 1.807) is 9.80 Å². The zero-order valence-electron chi connectivity index (χ0n) is 15.5. The molecule has 1 aromatic rings. The lowest BCUT2D eigenvalue weighted by atomic mass is 9.89. The van der Waals surface area contributed by atoms with Gasteiger partial charge in [-0.05, 0) is 18.4 Å². The van der Waals surface area contributed by atoms with Crippen LogP contribution >= 0.6 is 0 Å². The van der Waals surface area contributed by atoms with Crippen LogP contribution in [0.1, 0.15) is 24.3 Å². The zero-order chi connectivity index (χ0) is 19.4. The van der Waals surface area contributed by atoms with Crippen LogP contribution in [0.5, 0.6) is 0 Å². The van der Waals surface area contributed by atoms with Crippen molar-refractivity contribution in [3.63, 3.8) is 0 Å². The molecule has 146 valence electrons. The number of amides is 2. The number of rotatable bonds is 5. The number of nitrogens with zero attached hydrogens (tertiary/aromatic N) is 2. The third-order valence-electron chi connectivity index (χ3n) is 5.64. The molecule has 7 heteroatoms. The summed E-state index contributed by atoms with van der Waals surface area (Å²) in [6.07, 6.45) is 1.22. The third kappa shape index (κ3) is 4.30. The van der Waals surface area contributed by atoms with E-state index < -0.39 is 11.9 Å². The van der Waals surface area contributed by atoms with Crippen LogP contribution in [0.25, 0.3) is 0 Å². The first kappa shape index (κ1) is 19.4. The lowest BCUT2D eigenvalue weighted by molar-refractivity contribution is -0.143. The molecule has 0 aromatic heterocycles. The minimum absolute atomic E-state index is 0.0125. The molecule has 1 N–H and O–H groups in total. The van der Waals surface area contributed by atoms with Gasteiger partial charge in [-0.2, -0.15) is 0 Å². The molecule has 3 rings (SSSR count). The lowest BCUT2D eigenvalue weighted by Gasteiger charge is -2.33. The van der Waals surface area contributed by atoms with E-state index in [0.29, 0.717) is 32.5 Å². The largest absolute Gasteiger partial charge is 0.481 e. The van der Waals surface area contributed by atoms with Gasteiger partial charge in [-0.3, -0.25) is 14.4 Å². The highest BCUT2D eigenvalue weighted by Gasteiger charge is 2.42. The molecule has 0 spiro atoms. The monoisotopic (exact) mass is 374 g/mol. The predicted molar refractivity (Wildman–Crippen MR) is 98.1 cm³/mol. The molecule has 2 saturated heterocycles. The van der Waals surface area contributed by atoms with E-state index in [1.165, 1.54) is 7.11 Å². The van der Waals surface area contributed by atoms with Crippen molar-refractivity contribution in [3.8, 4) is 0 Å². The highest BCUT2D eigenvalue weighted by molar-refractivity contribution is 5.82. The molecule has 0 aliphatic carbocycles. The number of hydrogen-bond donors (Lipinski definition) is 1. The van der Waals surface area contributed by atoms with Crippen LogP contribution in [0.3, 0.4) is 0 Å². The SMILES string of the molecule is COCC(=O)N1CCC(C(=O)N2C[C@H](C(=O)O)[C@@H](c3ccccc3)C2)CC1. The molecule has 2 aliphatic rings.